The number of nitriles is 1. The minimum atomic E-state index is -1.70. The number of alkyl halides is 2. The van der Waals surface area contributed by atoms with E-state index in [1.54, 1.807) is 11.0 Å². The number of nitrogens with zero attached hydrogens (tertiary/aromatic N) is 5. The molecule has 2 aromatic rings. The maximum atomic E-state index is 14.8. The molecule has 3 saturated heterocycles. The van der Waals surface area contributed by atoms with E-state index in [0.717, 1.165) is 36.1 Å². The van der Waals surface area contributed by atoms with Crippen LogP contribution >= 0.6 is 0 Å². The fraction of sp³-hybridized carbons (Fsp3) is 0.567. The summed E-state index contributed by atoms with van der Waals surface area (Å²) in [5.74, 6) is 0.586. The van der Waals surface area contributed by atoms with E-state index in [4.69, 9.17) is 25.2 Å². The molecular formula is C30H34F2N6O3. The third-order valence-electron chi connectivity index (χ3n) is 9.67. The predicted molar refractivity (Wildman–Crippen MR) is 147 cm³/mol. The Balaban J connectivity index is 1.27. The topological polar surface area (TPSA) is 121 Å². The molecule has 5 heterocycles. The molecule has 1 aliphatic carbocycles. The van der Waals surface area contributed by atoms with E-state index in [1.807, 2.05) is 12.1 Å². The van der Waals surface area contributed by atoms with Gasteiger partial charge in [0.05, 0.1) is 43.1 Å². The van der Waals surface area contributed by atoms with Gasteiger partial charge < -0.3 is 25.2 Å². The molecule has 7 rings (SSSR count). The first-order valence-corrected chi connectivity index (χ1v) is 14.3. The summed E-state index contributed by atoms with van der Waals surface area (Å²) in [7, 11) is 0. The van der Waals surface area contributed by atoms with Crippen molar-refractivity contribution < 1.29 is 23.4 Å². The van der Waals surface area contributed by atoms with Crippen molar-refractivity contribution in [3.05, 3.63) is 52.2 Å². The number of rotatable bonds is 5. The minimum absolute atomic E-state index is 0.00581. The zero-order valence-electron chi connectivity index (χ0n) is 23.1. The Labute approximate surface area is 237 Å². The molecular weight excluding hydrogens is 530 g/mol. The molecule has 4 aliphatic heterocycles. The normalized spacial score (nSPS) is 31.3. The second-order valence-electron chi connectivity index (χ2n) is 12.4. The molecule has 1 aromatic heterocycles. The number of halogens is 2. The first-order valence-electron chi connectivity index (χ1n) is 14.3. The van der Waals surface area contributed by atoms with Crippen LogP contribution in [0.25, 0.3) is 0 Å². The van der Waals surface area contributed by atoms with Gasteiger partial charge >= 0.3 is 6.01 Å². The van der Waals surface area contributed by atoms with Crippen molar-refractivity contribution in [3.8, 4) is 12.1 Å². The van der Waals surface area contributed by atoms with Crippen molar-refractivity contribution in [2.45, 2.75) is 68.1 Å². The number of aromatic nitrogens is 2. The summed E-state index contributed by atoms with van der Waals surface area (Å²) in [6, 6.07) is 6.14. The van der Waals surface area contributed by atoms with Gasteiger partial charge in [-0.15, -0.1) is 0 Å². The van der Waals surface area contributed by atoms with Crippen LogP contribution in [0.1, 0.15) is 60.1 Å². The minimum Gasteiger partial charge on any atom is -0.461 e. The molecule has 216 valence electrons. The van der Waals surface area contributed by atoms with E-state index in [2.05, 4.69) is 24.0 Å². The number of ether oxygens (including phenoxy) is 2. The predicted octanol–water partition coefficient (Wildman–Crippen LogP) is 3.05. The van der Waals surface area contributed by atoms with Gasteiger partial charge in [0, 0.05) is 36.2 Å². The highest BCUT2D eigenvalue weighted by molar-refractivity contribution is 5.66. The lowest BCUT2D eigenvalue weighted by atomic mass is 9.73. The average molecular weight is 565 g/mol. The van der Waals surface area contributed by atoms with Crippen LogP contribution in [0.5, 0.6) is 6.01 Å². The molecule has 0 bridgehead atoms. The van der Waals surface area contributed by atoms with Crippen LogP contribution in [0.2, 0.25) is 0 Å². The first kappa shape index (κ1) is 26.6. The number of allylic oxidation sites excluding steroid dienone is 1. The van der Waals surface area contributed by atoms with Gasteiger partial charge in [-0.05, 0) is 36.9 Å². The Bertz CT molecular complexity index is 1470. The summed E-state index contributed by atoms with van der Waals surface area (Å²) < 4.78 is 41.9. The van der Waals surface area contributed by atoms with Crippen LogP contribution in [0, 0.1) is 11.3 Å². The molecule has 1 spiro atoms. The lowest BCUT2D eigenvalue weighted by molar-refractivity contribution is -0.0403. The average Bonchev–Trinajstić information content (AvgIpc) is 3.47. The molecule has 4 atom stereocenters. The summed E-state index contributed by atoms with van der Waals surface area (Å²) in [4.78, 5) is 13.5. The fourth-order valence-electron chi connectivity index (χ4n) is 7.50. The largest absolute Gasteiger partial charge is 0.461 e. The summed E-state index contributed by atoms with van der Waals surface area (Å²) in [5, 5.41) is 19.6. The van der Waals surface area contributed by atoms with Crippen LogP contribution < -0.4 is 15.4 Å². The van der Waals surface area contributed by atoms with Gasteiger partial charge in [-0.25, -0.2) is 8.78 Å². The fourth-order valence-corrected chi connectivity index (χ4v) is 7.50. The summed E-state index contributed by atoms with van der Waals surface area (Å²) in [6.45, 7) is 3.16. The van der Waals surface area contributed by atoms with Gasteiger partial charge in [-0.2, -0.15) is 15.2 Å². The van der Waals surface area contributed by atoms with Crippen LogP contribution in [0.4, 0.5) is 20.3 Å². The van der Waals surface area contributed by atoms with Gasteiger partial charge in [0.15, 0.2) is 5.67 Å². The molecule has 3 fully saturated rings. The van der Waals surface area contributed by atoms with Gasteiger partial charge in [0.1, 0.15) is 30.3 Å². The Kier molecular flexibility index (Phi) is 6.05. The Morgan fingerprint density at radius 1 is 1.32 bits per heavy atom. The maximum Gasteiger partial charge on any atom is 0.318 e. The van der Waals surface area contributed by atoms with Crippen LogP contribution in [0.3, 0.4) is 0 Å². The lowest BCUT2D eigenvalue weighted by Gasteiger charge is -2.46. The number of fused-ring (bicyclic) bond motifs is 4. The van der Waals surface area contributed by atoms with E-state index in [9.17, 15) is 19.1 Å². The molecule has 0 radical (unpaired) electrons. The summed E-state index contributed by atoms with van der Waals surface area (Å²) >= 11 is 0. The smallest absolute Gasteiger partial charge is 0.318 e. The van der Waals surface area contributed by atoms with Gasteiger partial charge in [0.2, 0.25) is 0 Å². The second kappa shape index (κ2) is 9.34. The molecule has 1 aromatic carbocycles. The third kappa shape index (κ3) is 4.10. The van der Waals surface area contributed by atoms with Gasteiger partial charge in [0.25, 0.3) is 0 Å². The number of aliphatic hydroxyl groups is 1. The lowest BCUT2D eigenvalue weighted by Crippen LogP contribution is -2.62. The zero-order valence-corrected chi connectivity index (χ0v) is 23.1. The quantitative estimate of drug-likeness (QED) is 0.417. The zero-order chi connectivity index (χ0) is 28.6. The number of hydrogen-bond donors (Lipinski definition) is 2. The number of anilines is 2. The highest BCUT2D eigenvalue weighted by atomic mass is 19.1. The highest BCUT2D eigenvalue weighted by Gasteiger charge is 2.50. The van der Waals surface area contributed by atoms with Crippen LogP contribution in [0.15, 0.2) is 24.3 Å². The summed E-state index contributed by atoms with van der Waals surface area (Å²) in [6.07, 6.45) is 5.76. The second-order valence-corrected chi connectivity index (χ2v) is 12.4. The highest BCUT2D eigenvalue weighted by Crippen LogP contribution is 2.49. The monoisotopic (exact) mass is 564 g/mol. The number of nitrogen functional groups attached to an aromatic ring is 1. The summed E-state index contributed by atoms with van der Waals surface area (Å²) in [5.41, 5.74) is 7.13. The molecule has 41 heavy (non-hydrogen) atoms. The van der Waals surface area contributed by atoms with Crippen molar-refractivity contribution >= 4 is 11.5 Å². The van der Waals surface area contributed by atoms with E-state index in [1.165, 1.54) is 0 Å². The van der Waals surface area contributed by atoms with E-state index >= 15 is 0 Å². The number of hydrogen-bond acceptors (Lipinski definition) is 9. The molecule has 0 saturated carbocycles. The van der Waals surface area contributed by atoms with Crippen molar-refractivity contribution in [2.75, 3.05) is 50.0 Å². The Hall–Kier alpha value is -3.33. The number of nitrogens with two attached hydrogens (primary N) is 1. The molecule has 5 aliphatic rings. The van der Waals surface area contributed by atoms with E-state index in [-0.39, 0.29) is 43.8 Å². The van der Waals surface area contributed by atoms with Crippen molar-refractivity contribution in [3.63, 3.8) is 0 Å². The van der Waals surface area contributed by atoms with Crippen molar-refractivity contribution in [1.82, 2.24) is 14.9 Å². The Morgan fingerprint density at radius 3 is 2.93 bits per heavy atom. The van der Waals surface area contributed by atoms with E-state index in [0.29, 0.717) is 42.1 Å². The molecule has 3 N–H and O–H groups in total. The standard InChI is InChI=1S/C30H34F2N6O3/c1-18-5-7-30(25-20(18)3-4-23(34)21(25)11-33)10-24-22(13-41-30)26(37-14-28(32,15-37)16-39)36-27(35-24)40-17-29-6-2-8-38(29)12-19(31)9-29/h3-5,7,18-19,39H,2,6,8-10,12-17,34H2,1H3. The molecule has 4 unspecified atom stereocenters. The van der Waals surface area contributed by atoms with Gasteiger partial charge in [-0.3, -0.25) is 4.90 Å². The van der Waals surface area contributed by atoms with Crippen LogP contribution in [-0.4, -0.2) is 76.7 Å². The first-order chi connectivity index (χ1) is 19.7. The third-order valence-corrected chi connectivity index (χ3v) is 9.67. The number of aliphatic hydroxyl groups excluding tert-OH is 1. The maximum absolute atomic E-state index is 14.8. The van der Waals surface area contributed by atoms with Crippen LogP contribution in [-0.2, 0) is 23.4 Å². The van der Waals surface area contributed by atoms with Crippen molar-refractivity contribution in [2.24, 2.45) is 0 Å². The SMILES string of the molecule is CC1C=CC2(Cc3nc(OCC45CCCN4CC(F)C5)nc(N4CC(F)(CO)C4)c3CO2)c2c1ccc(N)c2C#N. The van der Waals surface area contributed by atoms with Crippen molar-refractivity contribution in [1.29, 1.82) is 5.26 Å². The Morgan fingerprint density at radius 2 is 2.15 bits per heavy atom. The number of benzene rings is 1. The molecule has 11 heteroatoms. The molecule has 9 nitrogen and oxygen atoms in total. The van der Waals surface area contributed by atoms with Gasteiger partial charge in [-0.1, -0.05) is 25.1 Å². The molecule has 0 amide bonds. The van der Waals surface area contributed by atoms with E-state index < -0.39 is 24.0 Å².